The number of amides is 1. The lowest BCUT2D eigenvalue weighted by molar-refractivity contribution is -0.115. The van der Waals surface area contributed by atoms with Crippen LogP contribution in [-0.2, 0) is 21.4 Å². The van der Waals surface area contributed by atoms with Crippen LogP contribution in [0.25, 0.3) is 0 Å². The number of sulfonamides is 1. The number of anilines is 1. The van der Waals surface area contributed by atoms with Crippen LogP contribution < -0.4 is 24.2 Å². The summed E-state index contributed by atoms with van der Waals surface area (Å²) in [5.41, 5.74) is 1.58. The van der Waals surface area contributed by atoms with Gasteiger partial charge in [0.05, 0.1) is 24.7 Å². The standard InChI is InChI=1S/C24H24N2O6S/c27-24(26-19-7-9-20(10-8-19)32-17-18-5-2-1-3-6-18)16-25-33(28,29)21-11-12-22-23(15-21)31-14-4-13-30-22/h1-3,5-12,15,25H,4,13-14,16-17H2,(H,26,27). The monoisotopic (exact) mass is 468 g/mol. The first kappa shape index (κ1) is 22.6. The van der Waals surface area contributed by atoms with Gasteiger partial charge in [0, 0.05) is 18.2 Å². The second-order valence-electron chi connectivity index (χ2n) is 7.33. The van der Waals surface area contributed by atoms with Crippen LogP contribution in [0, 0.1) is 0 Å². The average molecular weight is 469 g/mol. The Labute approximate surface area is 192 Å². The van der Waals surface area contributed by atoms with Crippen molar-refractivity contribution in [1.29, 1.82) is 0 Å². The van der Waals surface area contributed by atoms with Gasteiger partial charge in [-0.25, -0.2) is 13.1 Å². The molecule has 0 spiro atoms. The molecule has 0 fully saturated rings. The van der Waals surface area contributed by atoms with Crippen LogP contribution in [0.2, 0.25) is 0 Å². The van der Waals surface area contributed by atoms with Crippen molar-refractivity contribution in [2.45, 2.75) is 17.9 Å². The molecule has 172 valence electrons. The predicted molar refractivity (Wildman–Crippen MR) is 123 cm³/mol. The van der Waals surface area contributed by atoms with E-state index in [1.807, 2.05) is 30.3 Å². The molecule has 9 heteroatoms. The number of carbonyl (C=O) groups excluding carboxylic acids is 1. The largest absolute Gasteiger partial charge is 0.490 e. The third kappa shape index (κ3) is 6.24. The fourth-order valence-corrected chi connectivity index (χ4v) is 4.13. The minimum absolute atomic E-state index is 0.000493. The van der Waals surface area contributed by atoms with Crippen LogP contribution in [0.5, 0.6) is 17.2 Å². The van der Waals surface area contributed by atoms with E-state index in [0.29, 0.717) is 42.8 Å². The van der Waals surface area contributed by atoms with Gasteiger partial charge >= 0.3 is 0 Å². The summed E-state index contributed by atoms with van der Waals surface area (Å²) in [6.07, 6.45) is 0.718. The van der Waals surface area contributed by atoms with E-state index in [9.17, 15) is 13.2 Å². The maximum Gasteiger partial charge on any atom is 0.241 e. The Hall–Kier alpha value is -3.56. The van der Waals surface area contributed by atoms with Crippen LogP contribution in [0.1, 0.15) is 12.0 Å². The van der Waals surface area contributed by atoms with Crippen LogP contribution in [0.15, 0.2) is 77.7 Å². The van der Waals surface area contributed by atoms with E-state index in [1.54, 1.807) is 30.3 Å². The van der Waals surface area contributed by atoms with Crippen molar-refractivity contribution in [1.82, 2.24) is 4.72 Å². The minimum atomic E-state index is -3.90. The molecule has 2 N–H and O–H groups in total. The van der Waals surface area contributed by atoms with Gasteiger partial charge in [0.1, 0.15) is 12.4 Å². The normalized spacial score (nSPS) is 13.1. The molecule has 1 aliphatic rings. The SMILES string of the molecule is O=C(CNS(=O)(=O)c1ccc2c(c1)OCCCO2)Nc1ccc(OCc2ccccc2)cc1. The maximum atomic E-state index is 12.6. The van der Waals surface area contributed by atoms with Gasteiger partial charge in [-0.2, -0.15) is 0 Å². The first-order valence-electron chi connectivity index (χ1n) is 10.5. The summed E-state index contributed by atoms with van der Waals surface area (Å²) in [7, 11) is -3.90. The molecule has 0 saturated carbocycles. The maximum absolute atomic E-state index is 12.6. The lowest BCUT2D eigenvalue weighted by atomic mass is 10.2. The second kappa shape index (κ2) is 10.4. The molecule has 1 heterocycles. The Morgan fingerprint density at radius 2 is 1.64 bits per heavy atom. The van der Waals surface area contributed by atoms with Crippen LogP contribution >= 0.6 is 0 Å². The van der Waals surface area contributed by atoms with E-state index in [1.165, 1.54) is 12.1 Å². The third-order valence-electron chi connectivity index (χ3n) is 4.84. The highest BCUT2D eigenvalue weighted by molar-refractivity contribution is 7.89. The van der Waals surface area contributed by atoms with Crippen molar-refractivity contribution in [3.8, 4) is 17.2 Å². The zero-order chi connectivity index (χ0) is 23.1. The van der Waals surface area contributed by atoms with Gasteiger partial charge in [0.2, 0.25) is 15.9 Å². The number of carbonyl (C=O) groups is 1. The molecule has 0 saturated heterocycles. The molecule has 0 atom stereocenters. The van der Waals surface area contributed by atoms with E-state index < -0.39 is 22.5 Å². The minimum Gasteiger partial charge on any atom is -0.490 e. The van der Waals surface area contributed by atoms with Gasteiger partial charge in [-0.1, -0.05) is 30.3 Å². The van der Waals surface area contributed by atoms with Gasteiger partial charge in [-0.15, -0.1) is 0 Å². The Morgan fingerprint density at radius 1 is 0.909 bits per heavy atom. The lowest BCUT2D eigenvalue weighted by Gasteiger charge is -2.11. The zero-order valence-corrected chi connectivity index (χ0v) is 18.6. The molecule has 0 aliphatic carbocycles. The smallest absolute Gasteiger partial charge is 0.241 e. The van der Waals surface area contributed by atoms with E-state index in [2.05, 4.69) is 10.0 Å². The van der Waals surface area contributed by atoms with Crippen molar-refractivity contribution in [2.75, 3.05) is 25.1 Å². The Balaban J connectivity index is 1.29. The van der Waals surface area contributed by atoms with Gasteiger partial charge in [0.25, 0.3) is 0 Å². The quantitative estimate of drug-likeness (QED) is 0.526. The number of rotatable bonds is 8. The van der Waals surface area contributed by atoms with E-state index in [-0.39, 0.29) is 4.90 Å². The van der Waals surface area contributed by atoms with Crippen LogP contribution in [0.4, 0.5) is 5.69 Å². The summed E-state index contributed by atoms with van der Waals surface area (Å²) >= 11 is 0. The molecule has 3 aromatic carbocycles. The summed E-state index contributed by atoms with van der Waals surface area (Å²) in [5, 5.41) is 2.66. The Kier molecular flexibility index (Phi) is 7.11. The molecule has 33 heavy (non-hydrogen) atoms. The van der Waals surface area contributed by atoms with Gasteiger partial charge < -0.3 is 19.5 Å². The van der Waals surface area contributed by atoms with E-state index in [0.717, 1.165) is 12.0 Å². The Bertz CT molecular complexity index is 1200. The fraction of sp³-hybridized carbons (Fsp3) is 0.208. The zero-order valence-electron chi connectivity index (χ0n) is 17.8. The summed E-state index contributed by atoms with van der Waals surface area (Å²) < 4.78 is 44.3. The van der Waals surface area contributed by atoms with Gasteiger partial charge in [-0.3, -0.25) is 4.79 Å². The molecule has 0 unspecified atom stereocenters. The first-order valence-corrected chi connectivity index (χ1v) is 11.9. The number of fused-ring (bicyclic) bond motifs is 1. The summed E-state index contributed by atoms with van der Waals surface area (Å²) in [5.74, 6) is 1.03. The highest BCUT2D eigenvalue weighted by Gasteiger charge is 2.19. The molecule has 0 aromatic heterocycles. The molecular formula is C24H24N2O6S. The fourth-order valence-electron chi connectivity index (χ4n) is 3.14. The summed E-state index contributed by atoms with van der Waals surface area (Å²) in [4.78, 5) is 12.2. The lowest BCUT2D eigenvalue weighted by Crippen LogP contribution is -2.32. The average Bonchev–Trinajstić information content (AvgIpc) is 3.08. The molecule has 8 nitrogen and oxygen atoms in total. The first-order chi connectivity index (χ1) is 16.0. The van der Waals surface area contributed by atoms with Crippen molar-refractivity contribution in [3.63, 3.8) is 0 Å². The Morgan fingerprint density at radius 3 is 2.39 bits per heavy atom. The number of hydrogen-bond donors (Lipinski definition) is 2. The second-order valence-corrected chi connectivity index (χ2v) is 9.10. The van der Waals surface area contributed by atoms with Gasteiger partial charge in [-0.05, 0) is 42.0 Å². The van der Waals surface area contributed by atoms with Gasteiger partial charge in [0.15, 0.2) is 11.5 Å². The molecule has 1 aliphatic heterocycles. The molecule has 4 rings (SSSR count). The van der Waals surface area contributed by atoms with E-state index >= 15 is 0 Å². The van der Waals surface area contributed by atoms with E-state index in [4.69, 9.17) is 14.2 Å². The van der Waals surface area contributed by atoms with Crippen molar-refractivity contribution in [3.05, 3.63) is 78.4 Å². The molecular weight excluding hydrogens is 444 g/mol. The molecule has 1 amide bonds. The highest BCUT2D eigenvalue weighted by Crippen LogP contribution is 2.31. The van der Waals surface area contributed by atoms with Crippen molar-refractivity contribution in [2.24, 2.45) is 0 Å². The van der Waals surface area contributed by atoms with Crippen LogP contribution in [-0.4, -0.2) is 34.1 Å². The number of ether oxygens (including phenoxy) is 3. The predicted octanol–water partition coefficient (Wildman–Crippen LogP) is 3.34. The third-order valence-corrected chi connectivity index (χ3v) is 6.24. The van der Waals surface area contributed by atoms with Crippen LogP contribution in [0.3, 0.4) is 0 Å². The molecule has 0 radical (unpaired) electrons. The molecule has 3 aromatic rings. The number of nitrogens with one attached hydrogen (secondary N) is 2. The molecule has 0 bridgehead atoms. The van der Waals surface area contributed by atoms with Crippen molar-refractivity contribution >= 4 is 21.6 Å². The number of hydrogen-bond acceptors (Lipinski definition) is 6. The summed E-state index contributed by atoms with van der Waals surface area (Å²) in [6, 6.07) is 21.0. The highest BCUT2D eigenvalue weighted by atomic mass is 32.2. The summed E-state index contributed by atoms with van der Waals surface area (Å²) in [6.45, 7) is 0.983. The van der Waals surface area contributed by atoms with Crippen molar-refractivity contribution < 1.29 is 27.4 Å². The number of benzene rings is 3. The topological polar surface area (TPSA) is 103 Å².